The van der Waals surface area contributed by atoms with Crippen LogP contribution in [-0.4, -0.2) is 36.1 Å². The second kappa shape index (κ2) is 5.93. The van der Waals surface area contributed by atoms with Crippen molar-refractivity contribution in [3.05, 3.63) is 29.6 Å². The van der Waals surface area contributed by atoms with E-state index in [1.165, 1.54) is 12.7 Å². The quantitative estimate of drug-likeness (QED) is 0.789. The Morgan fingerprint density at radius 2 is 2.50 bits per heavy atom. The van der Waals surface area contributed by atoms with Crippen LogP contribution in [0.25, 0.3) is 0 Å². The molecular weight excluding hydrogens is 230 g/mol. The van der Waals surface area contributed by atoms with Crippen LogP contribution in [0.15, 0.2) is 18.3 Å². The first-order chi connectivity index (χ1) is 8.72. The normalized spacial score (nSPS) is 20.0. The van der Waals surface area contributed by atoms with E-state index in [9.17, 15) is 4.79 Å². The molecule has 5 nitrogen and oxygen atoms in total. The third-order valence-electron chi connectivity index (χ3n) is 3.30. The number of ether oxygens (including phenoxy) is 1. The molecule has 0 bridgehead atoms. The van der Waals surface area contributed by atoms with Gasteiger partial charge in [0.2, 0.25) is 0 Å². The molecule has 1 aliphatic rings. The molecule has 2 N–H and O–H groups in total. The van der Waals surface area contributed by atoms with Crippen LogP contribution in [-0.2, 0) is 22.6 Å². The maximum absolute atomic E-state index is 11.4. The molecule has 2 rings (SSSR count). The predicted octanol–water partition coefficient (Wildman–Crippen LogP) is 0.535. The fourth-order valence-corrected chi connectivity index (χ4v) is 2.33. The van der Waals surface area contributed by atoms with Gasteiger partial charge in [-0.05, 0) is 30.7 Å². The van der Waals surface area contributed by atoms with Crippen LogP contribution < -0.4 is 5.73 Å². The largest absolute Gasteiger partial charge is 0.469 e. The SMILES string of the molecule is COC(=O)C1CCN(Cc2ccnc(CN)c2)C1. The Morgan fingerprint density at radius 3 is 3.22 bits per heavy atom. The van der Waals surface area contributed by atoms with E-state index in [0.29, 0.717) is 6.54 Å². The molecule has 98 valence electrons. The topological polar surface area (TPSA) is 68.5 Å². The van der Waals surface area contributed by atoms with Crippen molar-refractivity contribution in [2.24, 2.45) is 11.7 Å². The summed E-state index contributed by atoms with van der Waals surface area (Å²) in [5.74, 6) is -0.0827. The van der Waals surface area contributed by atoms with E-state index in [1.54, 1.807) is 6.20 Å². The highest BCUT2D eigenvalue weighted by Gasteiger charge is 2.28. The highest BCUT2D eigenvalue weighted by molar-refractivity contribution is 5.72. The first-order valence-electron chi connectivity index (χ1n) is 6.17. The second-order valence-electron chi connectivity index (χ2n) is 4.60. The van der Waals surface area contributed by atoms with Gasteiger partial charge in [-0.3, -0.25) is 14.7 Å². The van der Waals surface area contributed by atoms with Gasteiger partial charge >= 0.3 is 5.97 Å². The van der Waals surface area contributed by atoms with E-state index < -0.39 is 0 Å². The van der Waals surface area contributed by atoms with Crippen molar-refractivity contribution in [1.82, 2.24) is 9.88 Å². The standard InChI is InChI=1S/C13H19N3O2/c1-18-13(17)11-3-5-16(9-11)8-10-2-4-15-12(6-10)7-14/h2,4,6,11H,3,5,7-9,14H2,1H3. The smallest absolute Gasteiger partial charge is 0.310 e. The van der Waals surface area contributed by atoms with Gasteiger partial charge in [-0.15, -0.1) is 0 Å². The lowest BCUT2D eigenvalue weighted by Crippen LogP contribution is -2.23. The predicted molar refractivity (Wildman–Crippen MR) is 67.5 cm³/mol. The molecule has 0 aliphatic carbocycles. The minimum Gasteiger partial charge on any atom is -0.469 e. The van der Waals surface area contributed by atoms with E-state index in [-0.39, 0.29) is 11.9 Å². The molecule has 1 saturated heterocycles. The average molecular weight is 249 g/mol. The van der Waals surface area contributed by atoms with Crippen LogP contribution in [0.3, 0.4) is 0 Å². The maximum atomic E-state index is 11.4. The highest BCUT2D eigenvalue weighted by Crippen LogP contribution is 2.19. The molecule has 0 spiro atoms. The molecule has 1 aromatic heterocycles. The number of hydrogen-bond acceptors (Lipinski definition) is 5. The Morgan fingerprint density at radius 1 is 1.67 bits per heavy atom. The lowest BCUT2D eigenvalue weighted by atomic mass is 10.1. The van der Waals surface area contributed by atoms with Crippen LogP contribution >= 0.6 is 0 Å². The molecule has 1 fully saturated rings. The average Bonchev–Trinajstić information content (AvgIpc) is 2.86. The zero-order valence-electron chi connectivity index (χ0n) is 10.6. The van der Waals surface area contributed by atoms with Gasteiger partial charge in [0, 0.05) is 25.8 Å². The van der Waals surface area contributed by atoms with Gasteiger partial charge in [0.25, 0.3) is 0 Å². The van der Waals surface area contributed by atoms with Crippen molar-refractivity contribution in [2.45, 2.75) is 19.5 Å². The van der Waals surface area contributed by atoms with E-state index in [0.717, 1.165) is 31.7 Å². The van der Waals surface area contributed by atoms with E-state index >= 15 is 0 Å². The lowest BCUT2D eigenvalue weighted by Gasteiger charge is -2.15. The second-order valence-corrected chi connectivity index (χ2v) is 4.60. The molecule has 18 heavy (non-hydrogen) atoms. The highest BCUT2D eigenvalue weighted by atomic mass is 16.5. The summed E-state index contributed by atoms with van der Waals surface area (Å²) in [6.45, 7) is 2.99. The molecule has 5 heteroatoms. The van der Waals surface area contributed by atoms with Crippen molar-refractivity contribution < 1.29 is 9.53 Å². The molecule has 0 amide bonds. The number of nitrogens with zero attached hydrogens (tertiary/aromatic N) is 2. The fourth-order valence-electron chi connectivity index (χ4n) is 2.33. The van der Waals surface area contributed by atoms with Gasteiger partial charge in [0.05, 0.1) is 18.7 Å². The number of nitrogens with two attached hydrogens (primary N) is 1. The molecule has 0 aromatic carbocycles. The number of likely N-dealkylation sites (tertiary alicyclic amines) is 1. The van der Waals surface area contributed by atoms with Crippen molar-refractivity contribution >= 4 is 5.97 Å². The van der Waals surface area contributed by atoms with Crippen molar-refractivity contribution in [2.75, 3.05) is 20.2 Å². The van der Waals surface area contributed by atoms with Gasteiger partial charge in [0.15, 0.2) is 0 Å². The van der Waals surface area contributed by atoms with E-state index in [1.807, 2.05) is 12.1 Å². The van der Waals surface area contributed by atoms with Gasteiger partial charge in [-0.1, -0.05) is 0 Å². The Hall–Kier alpha value is -1.46. The molecule has 0 radical (unpaired) electrons. The molecule has 2 heterocycles. The zero-order chi connectivity index (χ0) is 13.0. The number of hydrogen-bond donors (Lipinski definition) is 1. The summed E-state index contributed by atoms with van der Waals surface area (Å²) in [5, 5.41) is 0. The number of rotatable bonds is 4. The summed E-state index contributed by atoms with van der Waals surface area (Å²) in [5.41, 5.74) is 7.66. The zero-order valence-corrected chi connectivity index (χ0v) is 10.6. The minimum atomic E-state index is -0.102. The van der Waals surface area contributed by atoms with Gasteiger partial charge in [0.1, 0.15) is 0 Å². The van der Waals surface area contributed by atoms with E-state index in [2.05, 4.69) is 9.88 Å². The summed E-state index contributed by atoms with van der Waals surface area (Å²) in [4.78, 5) is 17.9. The third-order valence-corrected chi connectivity index (χ3v) is 3.30. The van der Waals surface area contributed by atoms with E-state index in [4.69, 9.17) is 10.5 Å². The lowest BCUT2D eigenvalue weighted by molar-refractivity contribution is -0.144. The maximum Gasteiger partial charge on any atom is 0.310 e. The number of aromatic nitrogens is 1. The molecule has 1 aromatic rings. The van der Waals surface area contributed by atoms with Crippen LogP contribution in [0.5, 0.6) is 0 Å². The fraction of sp³-hybridized carbons (Fsp3) is 0.538. The summed E-state index contributed by atoms with van der Waals surface area (Å²) >= 11 is 0. The molecule has 1 aliphatic heterocycles. The number of methoxy groups -OCH3 is 1. The Kier molecular flexibility index (Phi) is 4.28. The van der Waals surface area contributed by atoms with Gasteiger partial charge < -0.3 is 10.5 Å². The minimum absolute atomic E-state index is 0.0193. The van der Waals surface area contributed by atoms with Crippen LogP contribution in [0.2, 0.25) is 0 Å². The molecule has 1 unspecified atom stereocenters. The number of esters is 1. The van der Waals surface area contributed by atoms with Crippen molar-refractivity contribution in [3.8, 4) is 0 Å². The number of carbonyl (C=O) groups excluding carboxylic acids is 1. The summed E-state index contributed by atoms with van der Waals surface area (Å²) in [6, 6.07) is 4.01. The van der Waals surface area contributed by atoms with Gasteiger partial charge in [-0.2, -0.15) is 0 Å². The molecule has 0 saturated carbocycles. The number of pyridine rings is 1. The Labute approximate surface area is 107 Å². The monoisotopic (exact) mass is 249 g/mol. The van der Waals surface area contributed by atoms with Crippen molar-refractivity contribution in [1.29, 1.82) is 0 Å². The Bertz CT molecular complexity index is 422. The first kappa shape index (κ1) is 13.0. The third kappa shape index (κ3) is 3.05. The summed E-state index contributed by atoms with van der Waals surface area (Å²) in [7, 11) is 1.45. The Balaban J connectivity index is 1.92. The number of carbonyl (C=O) groups is 1. The summed E-state index contributed by atoms with van der Waals surface area (Å²) < 4.78 is 4.78. The van der Waals surface area contributed by atoms with Crippen LogP contribution in [0.4, 0.5) is 0 Å². The van der Waals surface area contributed by atoms with Crippen LogP contribution in [0, 0.1) is 5.92 Å². The van der Waals surface area contributed by atoms with Crippen molar-refractivity contribution in [3.63, 3.8) is 0 Å². The summed E-state index contributed by atoms with van der Waals surface area (Å²) in [6.07, 6.45) is 2.66. The first-order valence-corrected chi connectivity index (χ1v) is 6.17. The molecular formula is C13H19N3O2. The van der Waals surface area contributed by atoms with Gasteiger partial charge in [-0.25, -0.2) is 0 Å². The molecule has 1 atom stereocenters. The van der Waals surface area contributed by atoms with Crippen LogP contribution in [0.1, 0.15) is 17.7 Å².